The molecule has 0 amide bonds. The summed E-state index contributed by atoms with van der Waals surface area (Å²) in [6, 6.07) is 79.3. The Morgan fingerprint density at radius 2 is 0.679 bits per heavy atom. The number of benzene rings is 9. The molecule has 0 unspecified atom stereocenters. The summed E-state index contributed by atoms with van der Waals surface area (Å²) in [4.78, 5) is 0. The first-order chi connectivity index (χ1) is 27.8. The summed E-state index contributed by atoms with van der Waals surface area (Å²) in [5, 5.41) is 5.01. The lowest BCUT2D eigenvalue weighted by Gasteiger charge is -2.11. The summed E-state index contributed by atoms with van der Waals surface area (Å²) in [5.74, 6) is 0. The third-order valence-electron chi connectivity index (χ3n) is 11.3. The predicted molar refractivity (Wildman–Crippen MR) is 237 cm³/mol. The van der Waals surface area contributed by atoms with Gasteiger partial charge in [0.2, 0.25) is 0 Å². The van der Waals surface area contributed by atoms with Gasteiger partial charge in [0.1, 0.15) is 0 Å². The molecule has 11 aromatic rings. The molecule has 0 aliphatic rings. The molecule has 0 spiro atoms. The lowest BCUT2D eigenvalue weighted by Crippen LogP contribution is -1.94. The summed E-state index contributed by atoms with van der Waals surface area (Å²) < 4.78 is 4.81. The van der Waals surface area contributed by atoms with Gasteiger partial charge in [-0.15, -0.1) is 0 Å². The first kappa shape index (κ1) is 32.0. The van der Waals surface area contributed by atoms with E-state index < -0.39 is 0 Å². The van der Waals surface area contributed by atoms with Crippen LogP contribution < -0.4 is 0 Å². The van der Waals surface area contributed by atoms with Gasteiger partial charge in [0.25, 0.3) is 0 Å². The molecule has 2 aromatic heterocycles. The maximum atomic E-state index is 2.41. The van der Waals surface area contributed by atoms with Gasteiger partial charge in [0.05, 0.1) is 22.1 Å². The van der Waals surface area contributed by atoms with Crippen LogP contribution in [0, 0.1) is 0 Å². The molecule has 262 valence electrons. The zero-order valence-corrected chi connectivity index (χ0v) is 30.7. The van der Waals surface area contributed by atoms with Crippen molar-refractivity contribution in [1.29, 1.82) is 0 Å². The van der Waals surface area contributed by atoms with E-state index in [4.69, 9.17) is 0 Å². The van der Waals surface area contributed by atoms with E-state index in [1.54, 1.807) is 0 Å². The van der Waals surface area contributed by atoms with Gasteiger partial charge in [0.15, 0.2) is 0 Å². The monoisotopic (exact) mass is 712 g/mol. The molecule has 2 heterocycles. The van der Waals surface area contributed by atoms with Gasteiger partial charge < -0.3 is 9.13 Å². The molecule has 9 aromatic carbocycles. The van der Waals surface area contributed by atoms with Crippen molar-refractivity contribution in [2.45, 2.75) is 0 Å². The van der Waals surface area contributed by atoms with E-state index in [1.165, 1.54) is 88.1 Å². The number of fused-ring (bicyclic) bond motifs is 6. The SMILES string of the molecule is c1ccc(-c2cccc(-c3ccc(-n4c5ccccc5c5cc(-c6ccc7c(c6)c6c(-c8ccccc8)cccc6n7-c6ccccc6)ccc54)cc3)c2)cc1. The average molecular weight is 713 g/mol. The van der Waals surface area contributed by atoms with Crippen molar-refractivity contribution in [2.24, 2.45) is 0 Å². The molecule has 11 rings (SSSR count). The summed E-state index contributed by atoms with van der Waals surface area (Å²) in [6.07, 6.45) is 0. The first-order valence-corrected chi connectivity index (χ1v) is 19.3. The number of nitrogens with zero attached hydrogens (tertiary/aromatic N) is 2. The van der Waals surface area contributed by atoms with Crippen LogP contribution in [0.2, 0.25) is 0 Å². The fraction of sp³-hybridized carbons (Fsp3) is 0. The van der Waals surface area contributed by atoms with E-state index in [1.807, 2.05) is 0 Å². The van der Waals surface area contributed by atoms with Crippen LogP contribution in [-0.2, 0) is 0 Å². The highest BCUT2D eigenvalue weighted by Crippen LogP contribution is 2.41. The van der Waals surface area contributed by atoms with Crippen molar-refractivity contribution in [1.82, 2.24) is 9.13 Å². The Bertz CT molecular complexity index is 3210. The Morgan fingerprint density at radius 3 is 1.39 bits per heavy atom. The molecule has 0 N–H and O–H groups in total. The average Bonchev–Trinajstić information content (AvgIpc) is 3.80. The fourth-order valence-corrected chi connectivity index (χ4v) is 8.71. The first-order valence-electron chi connectivity index (χ1n) is 19.3. The predicted octanol–water partition coefficient (Wildman–Crippen LogP) is 14.5. The molecule has 2 heteroatoms. The summed E-state index contributed by atoms with van der Waals surface area (Å²) in [5.41, 5.74) is 16.9. The van der Waals surface area contributed by atoms with Crippen molar-refractivity contribution in [2.75, 3.05) is 0 Å². The molecular weight excluding hydrogens is 677 g/mol. The van der Waals surface area contributed by atoms with Crippen LogP contribution >= 0.6 is 0 Å². The van der Waals surface area contributed by atoms with Crippen LogP contribution in [0.3, 0.4) is 0 Å². The second-order valence-electron chi connectivity index (χ2n) is 14.5. The lowest BCUT2D eigenvalue weighted by molar-refractivity contribution is 1.18. The highest BCUT2D eigenvalue weighted by atomic mass is 15.0. The molecule has 0 aliphatic heterocycles. The normalized spacial score (nSPS) is 11.6. The summed E-state index contributed by atoms with van der Waals surface area (Å²) >= 11 is 0. The van der Waals surface area contributed by atoms with E-state index in [0.717, 1.165) is 11.4 Å². The molecule has 56 heavy (non-hydrogen) atoms. The second kappa shape index (κ2) is 13.2. The number of aromatic nitrogens is 2. The standard InChI is InChI=1S/C54H36N2/c1-4-14-37(15-5-1)40-18-12-19-41(34-40)38-26-30-45(31-27-38)55-50-24-11-10-22-47(50)48-35-42(28-32-51(48)55)43-29-33-52-49(36-43)54-46(39-16-6-2-7-17-39)23-13-25-53(54)56(52)44-20-8-3-9-21-44/h1-36H. The van der Waals surface area contributed by atoms with Gasteiger partial charge in [-0.05, 0) is 111 Å². The zero-order valence-electron chi connectivity index (χ0n) is 30.7. The second-order valence-corrected chi connectivity index (χ2v) is 14.5. The van der Waals surface area contributed by atoms with Crippen LogP contribution in [-0.4, -0.2) is 9.13 Å². The lowest BCUT2D eigenvalue weighted by atomic mass is 9.97. The molecule has 2 nitrogen and oxygen atoms in total. The maximum Gasteiger partial charge on any atom is 0.0547 e. The maximum absolute atomic E-state index is 2.41. The Morgan fingerprint density at radius 1 is 0.232 bits per heavy atom. The van der Waals surface area contributed by atoms with Crippen molar-refractivity contribution in [3.05, 3.63) is 218 Å². The third kappa shape index (κ3) is 5.26. The van der Waals surface area contributed by atoms with E-state index in [-0.39, 0.29) is 0 Å². The Labute approximate surface area is 325 Å². The minimum absolute atomic E-state index is 1.15. The Hall–Kier alpha value is -7.42. The molecule has 0 aliphatic carbocycles. The molecular formula is C54H36N2. The van der Waals surface area contributed by atoms with Gasteiger partial charge in [-0.3, -0.25) is 0 Å². The minimum atomic E-state index is 1.15. The van der Waals surface area contributed by atoms with Crippen LogP contribution in [0.15, 0.2) is 218 Å². The third-order valence-corrected chi connectivity index (χ3v) is 11.3. The largest absolute Gasteiger partial charge is 0.309 e. The summed E-state index contributed by atoms with van der Waals surface area (Å²) in [6.45, 7) is 0. The van der Waals surface area contributed by atoms with Crippen LogP contribution in [0.25, 0.3) is 99.5 Å². The summed E-state index contributed by atoms with van der Waals surface area (Å²) in [7, 11) is 0. The number of para-hydroxylation sites is 2. The van der Waals surface area contributed by atoms with E-state index in [9.17, 15) is 0 Å². The minimum Gasteiger partial charge on any atom is -0.309 e. The number of hydrogen-bond acceptors (Lipinski definition) is 0. The van der Waals surface area contributed by atoms with Crippen LogP contribution in [0.5, 0.6) is 0 Å². The van der Waals surface area contributed by atoms with Crippen molar-refractivity contribution < 1.29 is 0 Å². The van der Waals surface area contributed by atoms with E-state index in [2.05, 4.69) is 228 Å². The van der Waals surface area contributed by atoms with Gasteiger partial charge in [-0.1, -0.05) is 152 Å². The van der Waals surface area contributed by atoms with Gasteiger partial charge in [-0.2, -0.15) is 0 Å². The van der Waals surface area contributed by atoms with E-state index >= 15 is 0 Å². The van der Waals surface area contributed by atoms with Crippen LogP contribution in [0.1, 0.15) is 0 Å². The van der Waals surface area contributed by atoms with Gasteiger partial charge in [-0.25, -0.2) is 0 Å². The fourth-order valence-electron chi connectivity index (χ4n) is 8.71. The molecule has 0 radical (unpaired) electrons. The molecule has 0 saturated carbocycles. The van der Waals surface area contributed by atoms with Crippen molar-refractivity contribution in [3.63, 3.8) is 0 Å². The topological polar surface area (TPSA) is 9.86 Å². The molecule has 0 saturated heterocycles. The molecule has 0 fully saturated rings. The Balaban J connectivity index is 1.04. The van der Waals surface area contributed by atoms with Gasteiger partial charge >= 0.3 is 0 Å². The zero-order chi connectivity index (χ0) is 37.0. The van der Waals surface area contributed by atoms with E-state index in [0.29, 0.717) is 0 Å². The molecule has 0 atom stereocenters. The number of rotatable bonds is 6. The van der Waals surface area contributed by atoms with Gasteiger partial charge in [0, 0.05) is 32.9 Å². The molecule has 0 bridgehead atoms. The Kier molecular flexibility index (Phi) is 7.53. The smallest absolute Gasteiger partial charge is 0.0547 e. The van der Waals surface area contributed by atoms with Crippen molar-refractivity contribution >= 4 is 43.6 Å². The van der Waals surface area contributed by atoms with Crippen LogP contribution in [0.4, 0.5) is 0 Å². The number of hydrogen-bond donors (Lipinski definition) is 0. The van der Waals surface area contributed by atoms with Crippen molar-refractivity contribution in [3.8, 4) is 55.9 Å². The quantitative estimate of drug-likeness (QED) is 0.162. The highest BCUT2D eigenvalue weighted by Gasteiger charge is 2.18. The highest BCUT2D eigenvalue weighted by molar-refractivity contribution is 6.17.